The molecule has 4 amide bonds. The van der Waals surface area contributed by atoms with Crippen LogP contribution in [0.1, 0.15) is 18.4 Å². The van der Waals surface area contributed by atoms with Crippen LogP contribution in [0.25, 0.3) is 0 Å². The van der Waals surface area contributed by atoms with Gasteiger partial charge >= 0.3 is 6.03 Å². The monoisotopic (exact) mass is 391 g/mol. The lowest BCUT2D eigenvalue weighted by Gasteiger charge is -2.49. The standard InChI is InChI=1S/C22H21N3O4/c1-29-16-10-8-15(9-11-16)25-20(27)22(19(26)23-21(25)28)13-14-5-2-3-6-17(14)24-12-4-7-18(22)24/h2-3,5-6,8-11,18H,4,7,12-13H2,1H3,(H,23,26,28)/t18-,22-/m0/s1. The Morgan fingerprint density at radius 3 is 2.59 bits per heavy atom. The Morgan fingerprint density at radius 2 is 1.83 bits per heavy atom. The van der Waals surface area contributed by atoms with Gasteiger partial charge in [-0.1, -0.05) is 18.2 Å². The van der Waals surface area contributed by atoms with Crippen LogP contribution < -0.4 is 19.9 Å². The lowest BCUT2D eigenvalue weighted by atomic mass is 9.68. The van der Waals surface area contributed by atoms with Crippen molar-refractivity contribution in [3.05, 3.63) is 54.1 Å². The Morgan fingerprint density at radius 1 is 1.07 bits per heavy atom. The number of carbonyl (C=O) groups excluding carboxylic acids is 3. The predicted molar refractivity (Wildman–Crippen MR) is 107 cm³/mol. The van der Waals surface area contributed by atoms with Crippen molar-refractivity contribution >= 4 is 29.2 Å². The summed E-state index contributed by atoms with van der Waals surface area (Å²) < 4.78 is 5.17. The molecule has 2 aromatic carbocycles. The number of hydrogen-bond acceptors (Lipinski definition) is 5. The lowest BCUT2D eigenvalue weighted by molar-refractivity contribution is -0.144. The summed E-state index contributed by atoms with van der Waals surface area (Å²) in [4.78, 5) is 42.9. The smallest absolute Gasteiger partial charge is 0.335 e. The molecule has 0 aliphatic carbocycles. The molecule has 3 aliphatic rings. The molecule has 2 aromatic rings. The maximum Gasteiger partial charge on any atom is 0.335 e. The second-order valence-electron chi connectivity index (χ2n) is 7.73. The largest absolute Gasteiger partial charge is 0.497 e. The van der Waals surface area contributed by atoms with E-state index in [-0.39, 0.29) is 12.5 Å². The van der Waals surface area contributed by atoms with Gasteiger partial charge in [0, 0.05) is 12.2 Å². The molecule has 5 rings (SSSR count). The van der Waals surface area contributed by atoms with Crippen LogP contribution in [0.3, 0.4) is 0 Å². The second-order valence-corrected chi connectivity index (χ2v) is 7.73. The number of benzene rings is 2. The summed E-state index contributed by atoms with van der Waals surface area (Å²) in [5.41, 5.74) is 1.13. The van der Waals surface area contributed by atoms with E-state index >= 15 is 0 Å². The van der Waals surface area contributed by atoms with Gasteiger partial charge in [0.2, 0.25) is 5.91 Å². The summed E-state index contributed by atoms with van der Waals surface area (Å²) in [5.74, 6) is -0.329. The summed E-state index contributed by atoms with van der Waals surface area (Å²) in [6.45, 7) is 0.792. The van der Waals surface area contributed by atoms with Gasteiger partial charge < -0.3 is 9.64 Å². The molecule has 2 saturated heterocycles. The topological polar surface area (TPSA) is 79.0 Å². The SMILES string of the molecule is COc1ccc(N2C(=O)NC(=O)[C@@]3(Cc4ccccc4N4CCC[C@H]43)C2=O)cc1. The van der Waals surface area contributed by atoms with E-state index in [2.05, 4.69) is 10.2 Å². The fourth-order valence-corrected chi connectivity index (χ4v) is 5.00. The van der Waals surface area contributed by atoms with Crippen molar-refractivity contribution in [2.75, 3.05) is 23.5 Å². The minimum Gasteiger partial charge on any atom is -0.497 e. The number of carbonyl (C=O) groups is 3. The minimum absolute atomic E-state index is 0.265. The molecule has 2 fully saturated rings. The Balaban J connectivity index is 1.62. The lowest BCUT2D eigenvalue weighted by Crippen LogP contribution is -2.71. The number of nitrogens with zero attached hydrogens (tertiary/aromatic N) is 2. The average molecular weight is 391 g/mol. The van der Waals surface area contributed by atoms with Gasteiger partial charge in [0.25, 0.3) is 5.91 Å². The van der Waals surface area contributed by atoms with Crippen molar-refractivity contribution in [3.63, 3.8) is 0 Å². The third-order valence-electron chi connectivity index (χ3n) is 6.34. The van der Waals surface area contributed by atoms with Gasteiger partial charge in [0.1, 0.15) is 5.75 Å². The summed E-state index contributed by atoms with van der Waals surface area (Å²) in [7, 11) is 1.55. The maximum absolute atomic E-state index is 13.8. The van der Waals surface area contributed by atoms with E-state index in [1.165, 1.54) is 0 Å². The molecule has 0 radical (unpaired) electrons. The van der Waals surface area contributed by atoms with E-state index in [9.17, 15) is 14.4 Å². The molecule has 3 heterocycles. The third kappa shape index (κ3) is 2.40. The fourth-order valence-electron chi connectivity index (χ4n) is 5.00. The molecule has 0 bridgehead atoms. The van der Waals surface area contributed by atoms with Gasteiger partial charge in [0.15, 0.2) is 5.41 Å². The number of urea groups is 1. The van der Waals surface area contributed by atoms with E-state index in [0.717, 1.165) is 35.5 Å². The van der Waals surface area contributed by atoms with Gasteiger partial charge in [-0.05, 0) is 55.2 Å². The molecule has 0 unspecified atom stereocenters. The van der Waals surface area contributed by atoms with Crippen molar-refractivity contribution in [1.82, 2.24) is 5.32 Å². The number of ether oxygens (including phenoxy) is 1. The highest BCUT2D eigenvalue weighted by molar-refractivity contribution is 6.30. The number of barbiturate groups is 1. The first-order chi connectivity index (χ1) is 14.1. The van der Waals surface area contributed by atoms with E-state index in [1.807, 2.05) is 24.3 Å². The molecular weight excluding hydrogens is 370 g/mol. The molecule has 148 valence electrons. The Kier molecular flexibility index (Phi) is 3.87. The molecule has 7 heteroatoms. The molecule has 1 spiro atoms. The first-order valence-corrected chi connectivity index (χ1v) is 9.75. The zero-order chi connectivity index (χ0) is 20.2. The van der Waals surface area contributed by atoms with Crippen molar-refractivity contribution in [3.8, 4) is 5.75 Å². The Bertz CT molecular complexity index is 1020. The third-order valence-corrected chi connectivity index (χ3v) is 6.34. The fraction of sp³-hybridized carbons (Fsp3) is 0.318. The second kappa shape index (κ2) is 6.34. The van der Waals surface area contributed by atoms with E-state index in [1.54, 1.807) is 31.4 Å². The summed E-state index contributed by atoms with van der Waals surface area (Å²) in [6, 6.07) is 13.6. The summed E-state index contributed by atoms with van der Waals surface area (Å²) in [5, 5.41) is 2.46. The van der Waals surface area contributed by atoms with E-state index < -0.39 is 23.3 Å². The van der Waals surface area contributed by atoms with Crippen molar-refractivity contribution in [1.29, 1.82) is 0 Å². The van der Waals surface area contributed by atoms with Crippen molar-refractivity contribution in [2.45, 2.75) is 25.3 Å². The Labute approximate surface area is 168 Å². The molecular formula is C22H21N3O4. The van der Waals surface area contributed by atoms with Crippen LogP contribution in [0.5, 0.6) is 5.75 Å². The Hall–Kier alpha value is -3.35. The highest BCUT2D eigenvalue weighted by atomic mass is 16.5. The molecule has 0 aromatic heterocycles. The number of hydrogen-bond donors (Lipinski definition) is 1. The van der Waals surface area contributed by atoms with Crippen LogP contribution in [-0.2, 0) is 16.0 Å². The molecule has 7 nitrogen and oxygen atoms in total. The van der Waals surface area contributed by atoms with Crippen LogP contribution in [0.15, 0.2) is 48.5 Å². The van der Waals surface area contributed by atoms with Crippen LogP contribution in [0, 0.1) is 5.41 Å². The van der Waals surface area contributed by atoms with Crippen LogP contribution in [-0.4, -0.2) is 37.5 Å². The number of amides is 4. The highest BCUT2D eigenvalue weighted by Crippen LogP contribution is 2.48. The number of para-hydroxylation sites is 1. The first kappa shape index (κ1) is 17.7. The number of methoxy groups -OCH3 is 1. The predicted octanol–water partition coefficient (Wildman–Crippen LogP) is 2.49. The van der Waals surface area contributed by atoms with Crippen molar-refractivity contribution < 1.29 is 19.1 Å². The number of imide groups is 2. The quantitative estimate of drug-likeness (QED) is 0.796. The van der Waals surface area contributed by atoms with Crippen molar-refractivity contribution in [2.24, 2.45) is 5.41 Å². The summed E-state index contributed by atoms with van der Waals surface area (Å²) in [6.07, 6.45) is 1.92. The molecule has 2 atom stereocenters. The zero-order valence-electron chi connectivity index (χ0n) is 16.1. The van der Waals surface area contributed by atoms with Gasteiger partial charge in [-0.25, -0.2) is 9.69 Å². The van der Waals surface area contributed by atoms with Crippen LogP contribution in [0.2, 0.25) is 0 Å². The van der Waals surface area contributed by atoms with Gasteiger partial charge in [-0.2, -0.15) is 0 Å². The number of anilines is 2. The highest BCUT2D eigenvalue weighted by Gasteiger charge is 2.62. The van der Waals surface area contributed by atoms with E-state index in [0.29, 0.717) is 11.4 Å². The zero-order valence-corrected chi connectivity index (χ0v) is 16.1. The summed E-state index contributed by atoms with van der Waals surface area (Å²) >= 11 is 0. The molecule has 3 aliphatic heterocycles. The van der Waals surface area contributed by atoms with Crippen LogP contribution in [0.4, 0.5) is 16.2 Å². The molecule has 0 saturated carbocycles. The average Bonchev–Trinajstić information content (AvgIpc) is 3.23. The maximum atomic E-state index is 13.8. The number of fused-ring (bicyclic) bond motifs is 4. The normalized spacial score (nSPS) is 25.7. The van der Waals surface area contributed by atoms with Gasteiger partial charge in [-0.15, -0.1) is 0 Å². The van der Waals surface area contributed by atoms with Gasteiger partial charge in [-0.3, -0.25) is 14.9 Å². The van der Waals surface area contributed by atoms with Crippen LogP contribution >= 0.6 is 0 Å². The molecule has 1 N–H and O–H groups in total. The first-order valence-electron chi connectivity index (χ1n) is 9.75. The minimum atomic E-state index is -1.32. The molecule has 29 heavy (non-hydrogen) atoms. The number of rotatable bonds is 2. The van der Waals surface area contributed by atoms with E-state index in [4.69, 9.17) is 4.74 Å². The number of nitrogens with one attached hydrogen (secondary N) is 1. The van der Waals surface area contributed by atoms with Gasteiger partial charge in [0.05, 0.1) is 18.8 Å².